The van der Waals surface area contributed by atoms with Gasteiger partial charge in [-0.3, -0.25) is 19.7 Å². The van der Waals surface area contributed by atoms with Gasteiger partial charge < -0.3 is 4.90 Å². The zero-order valence-corrected chi connectivity index (χ0v) is 16.2. The highest BCUT2D eigenvalue weighted by molar-refractivity contribution is 6.34. The van der Waals surface area contributed by atoms with Crippen LogP contribution >= 0.6 is 11.6 Å². The van der Waals surface area contributed by atoms with Gasteiger partial charge in [-0.05, 0) is 42.5 Å². The van der Waals surface area contributed by atoms with Crippen molar-refractivity contribution in [1.82, 2.24) is 5.32 Å². The third-order valence-electron chi connectivity index (χ3n) is 5.46. The first kappa shape index (κ1) is 18.7. The Morgan fingerprint density at radius 2 is 1.75 bits per heavy atom. The number of hydrogen-bond acceptors (Lipinski definition) is 3. The van der Waals surface area contributed by atoms with E-state index in [2.05, 4.69) is 5.32 Å². The minimum Gasteiger partial charge on any atom is -0.312 e. The number of halogens is 1. The molecule has 2 aromatic rings. The zero-order valence-electron chi connectivity index (χ0n) is 15.4. The zero-order chi connectivity index (χ0) is 19.7. The Hall–Kier alpha value is -2.66. The smallest absolute Gasteiger partial charge is 0.234 e. The Kier molecular flexibility index (Phi) is 5.18. The molecule has 3 amide bonds. The van der Waals surface area contributed by atoms with E-state index in [0.29, 0.717) is 24.3 Å². The molecular formula is C22H21ClN2O3. The number of carbonyl (C=O) groups excluding carboxylic acids is 3. The predicted molar refractivity (Wildman–Crippen MR) is 108 cm³/mol. The molecule has 0 spiro atoms. The summed E-state index contributed by atoms with van der Waals surface area (Å²) in [5, 5.41) is 2.91. The summed E-state index contributed by atoms with van der Waals surface area (Å²) in [5.41, 5.74) is 3.39. The first-order chi connectivity index (χ1) is 13.5. The fraction of sp³-hybridized carbons (Fsp3) is 0.318. The van der Waals surface area contributed by atoms with Gasteiger partial charge in [0.1, 0.15) is 0 Å². The Bertz CT molecular complexity index is 939. The number of carbonyl (C=O) groups is 3. The van der Waals surface area contributed by atoms with Crippen molar-refractivity contribution in [2.75, 3.05) is 11.4 Å². The number of benzene rings is 2. The SMILES string of the molecule is O=C1CCC(c2cccc(-c3ccc(N4CCCCC4=O)cc3)c2Cl)C(=O)N1. The fourth-order valence-corrected chi connectivity index (χ4v) is 4.30. The van der Waals surface area contributed by atoms with Crippen molar-refractivity contribution in [3.8, 4) is 11.1 Å². The van der Waals surface area contributed by atoms with E-state index < -0.39 is 5.92 Å². The number of hydrogen-bond donors (Lipinski definition) is 1. The molecule has 2 aliphatic rings. The highest BCUT2D eigenvalue weighted by Gasteiger charge is 2.30. The Balaban J connectivity index is 1.62. The Morgan fingerprint density at radius 1 is 0.964 bits per heavy atom. The van der Waals surface area contributed by atoms with Gasteiger partial charge in [0.25, 0.3) is 0 Å². The van der Waals surface area contributed by atoms with Crippen LogP contribution < -0.4 is 10.2 Å². The molecule has 28 heavy (non-hydrogen) atoms. The van der Waals surface area contributed by atoms with Crippen molar-refractivity contribution in [3.05, 3.63) is 53.1 Å². The molecule has 0 radical (unpaired) electrons. The summed E-state index contributed by atoms with van der Waals surface area (Å²) in [7, 11) is 0. The molecule has 1 unspecified atom stereocenters. The van der Waals surface area contributed by atoms with Gasteiger partial charge in [0.15, 0.2) is 0 Å². The number of piperidine rings is 2. The van der Waals surface area contributed by atoms with Crippen molar-refractivity contribution in [2.45, 2.75) is 38.0 Å². The van der Waals surface area contributed by atoms with Crippen LogP contribution in [0.25, 0.3) is 11.1 Å². The van der Waals surface area contributed by atoms with E-state index in [1.165, 1.54) is 0 Å². The highest BCUT2D eigenvalue weighted by atomic mass is 35.5. The molecule has 0 saturated carbocycles. The number of amides is 3. The van der Waals surface area contributed by atoms with Crippen molar-refractivity contribution < 1.29 is 14.4 Å². The molecule has 144 valence electrons. The fourth-order valence-electron chi connectivity index (χ4n) is 3.93. The molecule has 0 bridgehead atoms. The van der Waals surface area contributed by atoms with Crippen LogP contribution in [0.4, 0.5) is 5.69 Å². The van der Waals surface area contributed by atoms with E-state index in [1.807, 2.05) is 47.4 Å². The third kappa shape index (κ3) is 3.54. The molecular weight excluding hydrogens is 376 g/mol. The number of anilines is 1. The monoisotopic (exact) mass is 396 g/mol. The van der Waals surface area contributed by atoms with Gasteiger partial charge in [0.05, 0.1) is 10.9 Å². The second-order valence-corrected chi connectivity index (χ2v) is 7.64. The van der Waals surface area contributed by atoms with E-state index >= 15 is 0 Å². The topological polar surface area (TPSA) is 66.5 Å². The molecule has 2 saturated heterocycles. The van der Waals surface area contributed by atoms with Crippen molar-refractivity contribution in [3.63, 3.8) is 0 Å². The van der Waals surface area contributed by atoms with Crippen LogP contribution in [0.15, 0.2) is 42.5 Å². The normalized spacial score (nSPS) is 20.2. The summed E-state index contributed by atoms with van der Waals surface area (Å²) < 4.78 is 0. The Morgan fingerprint density at radius 3 is 2.46 bits per heavy atom. The van der Waals surface area contributed by atoms with Crippen molar-refractivity contribution in [1.29, 1.82) is 0 Å². The van der Waals surface area contributed by atoms with E-state index in [-0.39, 0.29) is 17.7 Å². The second kappa shape index (κ2) is 7.76. The van der Waals surface area contributed by atoms with Crippen LogP contribution in [-0.4, -0.2) is 24.3 Å². The number of nitrogens with zero attached hydrogens (tertiary/aromatic N) is 1. The van der Waals surface area contributed by atoms with Crippen molar-refractivity contribution >= 4 is 35.0 Å². The average molecular weight is 397 g/mol. The molecule has 4 rings (SSSR count). The lowest BCUT2D eigenvalue weighted by Gasteiger charge is -2.27. The quantitative estimate of drug-likeness (QED) is 0.796. The van der Waals surface area contributed by atoms with Gasteiger partial charge in [-0.25, -0.2) is 0 Å². The largest absolute Gasteiger partial charge is 0.312 e. The first-order valence-corrected chi connectivity index (χ1v) is 9.95. The lowest BCUT2D eigenvalue weighted by atomic mass is 9.88. The minimum atomic E-state index is -0.421. The van der Waals surface area contributed by atoms with Crippen LogP contribution in [0, 0.1) is 0 Å². The van der Waals surface area contributed by atoms with Crippen LogP contribution in [-0.2, 0) is 14.4 Å². The number of imide groups is 1. The summed E-state index contributed by atoms with van der Waals surface area (Å²) in [6, 6.07) is 13.4. The Labute approximate surface area is 168 Å². The summed E-state index contributed by atoms with van der Waals surface area (Å²) >= 11 is 6.66. The molecule has 1 N–H and O–H groups in total. The number of rotatable bonds is 3. The van der Waals surface area contributed by atoms with E-state index in [4.69, 9.17) is 11.6 Å². The van der Waals surface area contributed by atoms with E-state index in [9.17, 15) is 14.4 Å². The van der Waals surface area contributed by atoms with Crippen LogP contribution in [0.2, 0.25) is 5.02 Å². The van der Waals surface area contributed by atoms with E-state index in [1.54, 1.807) is 0 Å². The maximum atomic E-state index is 12.2. The molecule has 0 aliphatic carbocycles. The number of nitrogens with one attached hydrogen (secondary N) is 1. The molecule has 2 fully saturated rings. The highest BCUT2D eigenvalue weighted by Crippen LogP contribution is 2.37. The van der Waals surface area contributed by atoms with Crippen LogP contribution in [0.3, 0.4) is 0 Å². The van der Waals surface area contributed by atoms with E-state index in [0.717, 1.165) is 41.8 Å². The lowest BCUT2D eigenvalue weighted by molar-refractivity contribution is -0.134. The van der Waals surface area contributed by atoms with Crippen molar-refractivity contribution in [2.24, 2.45) is 0 Å². The second-order valence-electron chi connectivity index (χ2n) is 7.26. The molecule has 1 atom stereocenters. The van der Waals surface area contributed by atoms with Gasteiger partial charge in [0.2, 0.25) is 17.7 Å². The standard InChI is InChI=1S/C22H21ClN2O3/c23-21-16(4-3-5-17(21)18-11-12-19(26)24-22(18)28)14-7-9-15(10-8-14)25-13-2-1-6-20(25)27/h3-5,7-10,18H,1-2,6,11-13H2,(H,24,26,28). The van der Waals surface area contributed by atoms with Gasteiger partial charge in [0, 0.05) is 30.6 Å². The summed E-state index contributed by atoms with van der Waals surface area (Å²) in [6.07, 6.45) is 3.35. The predicted octanol–water partition coefficient (Wildman–Crippen LogP) is 4.04. The van der Waals surface area contributed by atoms with Gasteiger partial charge in [-0.1, -0.05) is 41.9 Å². The lowest BCUT2D eigenvalue weighted by Crippen LogP contribution is -2.39. The van der Waals surface area contributed by atoms with Gasteiger partial charge in [-0.15, -0.1) is 0 Å². The molecule has 6 heteroatoms. The van der Waals surface area contributed by atoms with Crippen LogP contribution in [0.5, 0.6) is 0 Å². The molecule has 2 heterocycles. The van der Waals surface area contributed by atoms with Gasteiger partial charge in [-0.2, -0.15) is 0 Å². The third-order valence-corrected chi connectivity index (χ3v) is 5.88. The molecule has 2 aromatic carbocycles. The van der Waals surface area contributed by atoms with Gasteiger partial charge >= 0.3 is 0 Å². The summed E-state index contributed by atoms with van der Waals surface area (Å²) in [6.45, 7) is 0.754. The summed E-state index contributed by atoms with van der Waals surface area (Å²) in [4.78, 5) is 37.6. The first-order valence-electron chi connectivity index (χ1n) is 9.57. The average Bonchev–Trinajstić information content (AvgIpc) is 2.69. The molecule has 0 aromatic heterocycles. The molecule has 2 aliphatic heterocycles. The summed E-state index contributed by atoms with van der Waals surface area (Å²) in [5.74, 6) is -0.794. The maximum Gasteiger partial charge on any atom is 0.234 e. The van der Waals surface area contributed by atoms with Crippen LogP contribution in [0.1, 0.15) is 43.6 Å². The molecule has 5 nitrogen and oxygen atoms in total. The maximum absolute atomic E-state index is 12.2. The minimum absolute atomic E-state index is 0.164.